The summed E-state index contributed by atoms with van der Waals surface area (Å²) >= 11 is 0. The van der Waals surface area contributed by atoms with Gasteiger partial charge < -0.3 is 5.11 Å². The molecule has 0 heterocycles. The summed E-state index contributed by atoms with van der Waals surface area (Å²) in [5.41, 5.74) is 1.77. The molecule has 0 saturated heterocycles. The van der Waals surface area contributed by atoms with Gasteiger partial charge in [0.2, 0.25) is 0 Å². The van der Waals surface area contributed by atoms with E-state index in [4.69, 9.17) is 5.11 Å². The van der Waals surface area contributed by atoms with Gasteiger partial charge in [0, 0.05) is 0 Å². The predicted octanol–water partition coefficient (Wildman–Crippen LogP) is 2.30. The topological polar surface area (TPSA) is 20.2 Å². The molecule has 1 nitrogen and oxygen atoms in total. The van der Waals surface area contributed by atoms with Gasteiger partial charge in [-0.3, -0.25) is 0 Å². The van der Waals surface area contributed by atoms with Crippen LogP contribution in [0.4, 0.5) is 0 Å². The van der Waals surface area contributed by atoms with E-state index in [1.165, 1.54) is 0 Å². The average Bonchev–Trinajstić information content (AvgIpc) is 1.99. The van der Waals surface area contributed by atoms with Crippen LogP contribution in [-0.4, -0.2) is 11.7 Å². The summed E-state index contributed by atoms with van der Waals surface area (Å²) in [5, 5.41) is 8.61. The number of rotatable bonds is 4. The Morgan fingerprint density at radius 3 is 2.27 bits per heavy atom. The second-order valence-corrected chi connectivity index (χ2v) is 2.88. The highest BCUT2D eigenvalue weighted by Crippen LogP contribution is 2.08. The molecular formula is C10H16O. The SMILES string of the molecule is C=C(/C=C\C(=C)C(C)C)CO. The summed E-state index contributed by atoms with van der Waals surface area (Å²) < 4.78 is 0. The number of hydrogen-bond acceptors (Lipinski definition) is 1. The monoisotopic (exact) mass is 152 g/mol. The van der Waals surface area contributed by atoms with Crippen LogP contribution in [0.25, 0.3) is 0 Å². The van der Waals surface area contributed by atoms with Crippen LogP contribution in [0.5, 0.6) is 0 Å². The average molecular weight is 152 g/mol. The van der Waals surface area contributed by atoms with Crippen LogP contribution in [0.15, 0.2) is 36.5 Å². The van der Waals surface area contributed by atoms with Crippen LogP contribution in [0.1, 0.15) is 13.8 Å². The van der Waals surface area contributed by atoms with Crippen molar-refractivity contribution >= 4 is 0 Å². The van der Waals surface area contributed by atoms with Gasteiger partial charge in [0.05, 0.1) is 6.61 Å². The highest BCUT2D eigenvalue weighted by atomic mass is 16.3. The molecular weight excluding hydrogens is 136 g/mol. The molecule has 0 bridgehead atoms. The van der Waals surface area contributed by atoms with Crippen molar-refractivity contribution in [1.29, 1.82) is 0 Å². The zero-order valence-electron chi connectivity index (χ0n) is 7.30. The maximum absolute atomic E-state index is 8.61. The van der Waals surface area contributed by atoms with E-state index in [0.717, 1.165) is 5.57 Å². The summed E-state index contributed by atoms with van der Waals surface area (Å²) in [7, 11) is 0. The van der Waals surface area contributed by atoms with Crippen LogP contribution in [0.3, 0.4) is 0 Å². The van der Waals surface area contributed by atoms with Crippen molar-refractivity contribution in [3.05, 3.63) is 36.5 Å². The lowest BCUT2D eigenvalue weighted by atomic mass is 10.0. The summed E-state index contributed by atoms with van der Waals surface area (Å²) in [5.74, 6) is 0.456. The van der Waals surface area contributed by atoms with Crippen LogP contribution >= 0.6 is 0 Å². The predicted molar refractivity (Wildman–Crippen MR) is 49.3 cm³/mol. The number of aliphatic hydroxyl groups excluding tert-OH is 1. The second-order valence-electron chi connectivity index (χ2n) is 2.88. The Kier molecular flexibility index (Phi) is 4.55. The summed E-state index contributed by atoms with van der Waals surface area (Å²) in [6, 6.07) is 0. The number of hydrogen-bond donors (Lipinski definition) is 1. The highest BCUT2D eigenvalue weighted by Gasteiger charge is 1.93. The van der Waals surface area contributed by atoms with E-state index in [-0.39, 0.29) is 6.61 Å². The Morgan fingerprint density at radius 1 is 1.36 bits per heavy atom. The van der Waals surface area contributed by atoms with Gasteiger partial charge in [0.25, 0.3) is 0 Å². The first-order valence-corrected chi connectivity index (χ1v) is 3.73. The molecule has 0 saturated carbocycles. The first-order chi connectivity index (χ1) is 5.07. The maximum Gasteiger partial charge on any atom is 0.0676 e. The van der Waals surface area contributed by atoms with Crippen LogP contribution < -0.4 is 0 Å². The van der Waals surface area contributed by atoms with E-state index in [9.17, 15) is 0 Å². The van der Waals surface area contributed by atoms with E-state index in [2.05, 4.69) is 27.0 Å². The molecule has 0 amide bonds. The summed E-state index contributed by atoms with van der Waals surface area (Å²) in [6.45, 7) is 11.6. The molecule has 0 fully saturated rings. The fourth-order valence-corrected chi connectivity index (χ4v) is 0.470. The van der Waals surface area contributed by atoms with E-state index in [1.807, 2.05) is 6.08 Å². The fraction of sp³-hybridized carbons (Fsp3) is 0.400. The number of allylic oxidation sites excluding steroid dienone is 2. The molecule has 0 atom stereocenters. The minimum atomic E-state index is 0.0157. The molecule has 0 rings (SSSR count). The normalized spacial score (nSPS) is 10.9. The Hall–Kier alpha value is -0.820. The third-order valence-electron chi connectivity index (χ3n) is 1.48. The fourth-order valence-electron chi connectivity index (χ4n) is 0.470. The van der Waals surface area contributed by atoms with Crippen LogP contribution in [0.2, 0.25) is 0 Å². The highest BCUT2D eigenvalue weighted by molar-refractivity contribution is 5.25. The lowest BCUT2D eigenvalue weighted by Gasteiger charge is -2.02. The lowest BCUT2D eigenvalue weighted by Crippen LogP contribution is -1.88. The molecule has 0 spiro atoms. The van der Waals surface area contributed by atoms with E-state index in [0.29, 0.717) is 11.5 Å². The van der Waals surface area contributed by atoms with Gasteiger partial charge in [-0.15, -0.1) is 0 Å². The van der Waals surface area contributed by atoms with E-state index in [1.54, 1.807) is 6.08 Å². The van der Waals surface area contributed by atoms with Crippen LogP contribution in [-0.2, 0) is 0 Å². The van der Waals surface area contributed by atoms with Crippen molar-refractivity contribution in [2.24, 2.45) is 5.92 Å². The van der Waals surface area contributed by atoms with Gasteiger partial charge in [-0.1, -0.05) is 44.7 Å². The van der Waals surface area contributed by atoms with Gasteiger partial charge in [0.1, 0.15) is 0 Å². The third kappa shape index (κ3) is 4.57. The second kappa shape index (κ2) is 4.91. The van der Waals surface area contributed by atoms with Crippen molar-refractivity contribution in [1.82, 2.24) is 0 Å². The molecule has 0 aliphatic heterocycles. The van der Waals surface area contributed by atoms with Gasteiger partial charge in [0.15, 0.2) is 0 Å². The van der Waals surface area contributed by atoms with Crippen molar-refractivity contribution < 1.29 is 5.11 Å². The molecule has 1 heteroatoms. The molecule has 0 aromatic heterocycles. The Bertz CT molecular complexity index is 175. The van der Waals surface area contributed by atoms with Crippen LogP contribution in [0, 0.1) is 5.92 Å². The molecule has 0 unspecified atom stereocenters. The van der Waals surface area contributed by atoms with Crippen molar-refractivity contribution in [3.8, 4) is 0 Å². The largest absolute Gasteiger partial charge is 0.392 e. The standard InChI is InChI=1S/C10H16O/c1-8(2)10(4)6-5-9(3)7-11/h5-6,8,11H,3-4,7H2,1-2H3/b6-5-. The Morgan fingerprint density at radius 2 is 1.91 bits per heavy atom. The van der Waals surface area contributed by atoms with Gasteiger partial charge in [-0.2, -0.15) is 0 Å². The molecule has 0 radical (unpaired) electrons. The first-order valence-electron chi connectivity index (χ1n) is 3.73. The quantitative estimate of drug-likeness (QED) is 0.613. The van der Waals surface area contributed by atoms with Gasteiger partial charge >= 0.3 is 0 Å². The zero-order valence-corrected chi connectivity index (χ0v) is 7.30. The molecule has 0 aromatic carbocycles. The molecule has 0 aliphatic rings. The first kappa shape index (κ1) is 10.2. The molecule has 0 aromatic rings. The maximum atomic E-state index is 8.61. The van der Waals surface area contributed by atoms with E-state index >= 15 is 0 Å². The number of aliphatic hydroxyl groups is 1. The minimum absolute atomic E-state index is 0.0157. The molecule has 1 N–H and O–H groups in total. The van der Waals surface area contributed by atoms with Crippen molar-refractivity contribution in [3.63, 3.8) is 0 Å². The summed E-state index contributed by atoms with van der Waals surface area (Å²) in [4.78, 5) is 0. The third-order valence-corrected chi connectivity index (χ3v) is 1.48. The smallest absolute Gasteiger partial charge is 0.0676 e. The van der Waals surface area contributed by atoms with Crippen molar-refractivity contribution in [2.45, 2.75) is 13.8 Å². The summed E-state index contributed by atoms with van der Waals surface area (Å²) in [6.07, 6.45) is 3.69. The molecule has 11 heavy (non-hydrogen) atoms. The Labute approximate surface area is 68.7 Å². The minimum Gasteiger partial charge on any atom is -0.392 e. The zero-order chi connectivity index (χ0) is 8.85. The van der Waals surface area contributed by atoms with Gasteiger partial charge in [-0.25, -0.2) is 0 Å². The van der Waals surface area contributed by atoms with Gasteiger partial charge in [-0.05, 0) is 11.5 Å². The van der Waals surface area contributed by atoms with Crippen molar-refractivity contribution in [2.75, 3.05) is 6.61 Å². The lowest BCUT2D eigenvalue weighted by molar-refractivity contribution is 0.335. The van der Waals surface area contributed by atoms with E-state index < -0.39 is 0 Å². The molecule has 0 aliphatic carbocycles. The Balaban J connectivity index is 3.93. The molecule has 62 valence electrons.